The molecule has 0 saturated carbocycles. The lowest BCUT2D eigenvalue weighted by molar-refractivity contribution is 0.668. The van der Waals surface area contributed by atoms with Crippen molar-refractivity contribution in [2.75, 3.05) is 14.7 Å². The van der Waals surface area contributed by atoms with Gasteiger partial charge in [0.25, 0.3) is 0 Å². The van der Waals surface area contributed by atoms with Crippen LogP contribution >= 0.6 is 0 Å². The van der Waals surface area contributed by atoms with Gasteiger partial charge in [0, 0.05) is 84.9 Å². The minimum Gasteiger partial charge on any atom is -0.456 e. The first-order valence-electron chi connectivity index (χ1n) is 26.6. The van der Waals surface area contributed by atoms with Crippen molar-refractivity contribution in [1.82, 2.24) is 0 Å². The second-order valence-corrected chi connectivity index (χ2v) is 20.0. The highest BCUT2D eigenvalue weighted by Crippen LogP contribution is 2.57. The molecular weight excluding hydrogens is 951 g/mol. The van der Waals surface area contributed by atoms with Crippen LogP contribution in [0.2, 0.25) is 0 Å². The Bertz CT molecular complexity index is 4420. The van der Waals surface area contributed by atoms with Crippen LogP contribution in [-0.4, -0.2) is 0 Å². The molecule has 2 aromatic heterocycles. The molecule has 15 rings (SSSR count). The monoisotopic (exact) mass is 999 g/mol. The van der Waals surface area contributed by atoms with Gasteiger partial charge in [-0.3, -0.25) is 0 Å². The van der Waals surface area contributed by atoms with Gasteiger partial charge in [0.05, 0.1) is 5.41 Å². The van der Waals surface area contributed by atoms with E-state index in [-0.39, 0.29) is 0 Å². The largest absolute Gasteiger partial charge is 0.456 e. The van der Waals surface area contributed by atoms with E-state index in [2.05, 4.69) is 300 Å². The normalized spacial score (nSPS) is 12.5. The number of fused-ring (bicyclic) bond motifs is 9. The molecule has 0 amide bonds. The quantitative estimate of drug-likeness (QED) is 0.129. The van der Waals surface area contributed by atoms with Crippen LogP contribution < -0.4 is 14.7 Å². The van der Waals surface area contributed by atoms with Crippen molar-refractivity contribution in [1.29, 1.82) is 0 Å². The van der Waals surface area contributed by atoms with Crippen LogP contribution in [0.5, 0.6) is 0 Å². The van der Waals surface area contributed by atoms with E-state index >= 15 is 0 Å². The van der Waals surface area contributed by atoms with E-state index in [9.17, 15) is 0 Å². The first-order chi connectivity index (χ1) is 38.7. The van der Waals surface area contributed by atoms with Crippen molar-refractivity contribution < 1.29 is 8.83 Å². The summed E-state index contributed by atoms with van der Waals surface area (Å²) in [4.78, 5) is 6.93. The zero-order valence-corrected chi connectivity index (χ0v) is 42.4. The van der Waals surface area contributed by atoms with Crippen LogP contribution in [-0.2, 0) is 5.41 Å². The predicted molar refractivity (Wildman–Crippen MR) is 322 cm³/mol. The molecule has 0 N–H and O–H groups in total. The van der Waals surface area contributed by atoms with E-state index in [1.165, 1.54) is 33.4 Å². The summed E-state index contributed by atoms with van der Waals surface area (Å²) < 4.78 is 13.5. The number of rotatable bonds is 11. The van der Waals surface area contributed by atoms with Crippen molar-refractivity contribution >= 4 is 95.1 Å². The second kappa shape index (κ2) is 18.5. The zero-order chi connectivity index (χ0) is 51.6. The molecule has 12 aromatic carbocycles. The molecule has 1 aliphatic carbocycles. The molecule has 5 heteroatoms. The first-order valence-corrected chi connectivity index (χ1v) is 26.6. The fourth-order valence-electron chi connectivity index (χ4n) is 12.3. The van der Waals surface area contributed by atoms with E-state index in [1.807, 2.05) is 12.1 Å². The maximum Gasteiger partial charge on any atom is 0.137 e. The summed E-state index contributed by atoms with van der Waals surface area (Å²) in [6, 6.07) is 106. The van der Waals surface area contributed by atoms with Crippen LogP contribution in [0.25, 0.3) is 55.0 Å². The molecule has 0 atom stereocenters. The van der Waals surface area contributed by atoms with E-state index < -0.39 is 5.41 Å². The van der Waals surface area contributed by atoms with Crippen LogP contribution in [0.15, 0.2) is 306 Å². The maximum absolute atomic E-state index is 6.82. The molecule has 368 valence electrons. The fourth-order valence-corrected chi connectivity index (χ4v) is 12.3. The van der Waals surface area contributed by atoms with Gasteiger partial charge in [0.1, 0.15) is 22.3 Å². The summed E-state index contributed by atoms with van der Waals surface area (Å²) in [5.41, 5.74) is 19.7. The average Bonchev–Trinajstić information content (AvgIpc) is 4.37. The lowest BCUT2D eigenvalue weighted by Gasteiger charge is -2.34. The fraction of sp³-hybridized carbons (Fsp3) is 0.0137. The molecule has 78 heavy (non-hydrogen) atoms. The highest BCUT2D eigenvalue weighted by Gasteiger charge is 2.46. The number of furan rings is 2. The van der Waals surface area contributed by atoms with Gasteiger partial charge in [-0.15, -0.1) is 0 Å². The number of hydrogen-bond acceptors (Lipinski definition) is 5. The van der Waals surface area contributed by atoms with Crippen molar-refractivity contribution in [3.05, 3.63) is 320 Å². The Hall–Kier alpha value is -10.4. The SMILES string of the molecule is c1ccc(N(c2ccccc2)c2ccc3c(c2)oc2ccc(N(c4ccccc4)c4ccc5oc6cc(N(c7ccccc7)c7ccc8c(c7)-c7ccccc7C8(c7ccccc7)c7ccccc7)ccc6c5c4)cc23)cc1. The minimum absolute atomic E-state index is 0.480. The first kappa shape index (κ1) is 45.1. The van der Waals surface area contributed by atoms with E-state index in [0.29, 0.717) is 0 Å². The molecule has 1 aliphatic rings. The molecule has 2 heterocycles. The number of para-hydroxylation sites is 4. The highest BCUT2D eigenvalue weighted by molar-refractivity contribution is 6.10. The third-order valence-corrected chi connectivity index (χ3v) is 15.7. The van der Waals surface area contributed by atoms with E-state index in [4.69, 9.17) is 8.83 Å². The topological polar surface area (TPSA) is 36.0 Å². The predicted octanol–water partition coefficient (Wildman–Crippen LogP) is 20.3. The Balaban J connectivity index is 0.822. The summed E-state index contributed by atoms with van der Waals surface area (Å²) in [7, 11) is 0. The molecular formula is C73H49N3O2. The Labute approximate surface area is 452 Å². The second-order valence-electron chi connectivity index (χ2n) is 20.0. The van der Waals surface area contributed by atoms with Crippen molar-refractivity contribution in [2.45, 2.75) is 5.41 Å². The van der Waals surface area contributed by atoms with Crippen molar-refractivity contribution in [2.24, 2.45) is 0 Å². The summed E-state index contributed by atoms with van der Waals surface area (Å²) in [6.07, 6.45) is 0. The Morgan fingerprint density at radius 2 is 0.551 bits per heavy atom. The van der Waals surface area contributed by atoms with Crippen LogP contribution in [0.4, 0.5) is 51.2 Å². The number of anilines is 9. The maximum atomic E-state index is 6.82. The van der Waals surface area contributed by atoms with Crippen molar-refractivity contribution in [3.8, 4) is 11.1 Å². The summed E-state index contributed by atoms with van der Waals surface area (Å²) in [5, 5.41) is 4.18. The number of benzene rings is 12. The zero-order valence-electron chi connectivity index (χ0n) is 42.4. The third kappa shape index (κ3) is 7.31. The van der Waals surface area contributed by atoms with Crippen LogP contribution in [0.3, 0.4) is 0 Å². The lowest BCUT2D eigenvalue weighted by atomic mass is 9.68. The molecule has 0 fully saturated rings. The summed E-state index contributed by atoms with van der Waals surface area (Å²) >= 11 is 0. The molecule has 0 spiro atoms. The molecule has 0 bridgehead atoms. The third-order valence-electron chi connectivity index (χ3n) is 15.7. The average molecular weight is 1000 g/mol. The molecule has 0 saturated heterocycles. The smallest absolute Gasteiger partial charge is 0.137 e. The van der Waals surface area contributed by atoms with Gasteiger partial charge in [-0.25, -0.2) is 0 Å². The van der Waals surface area contributed by atoms with Gasteiger partial charge in [0.15, 0.2) is 0 Å². The molecule has 0 radical (unpaired) electrons. The van der Waals surface area contributed by atoms with Crippen LogP contribution in [0, 0.1) is 0 Å². The van der Waals surface area contributed by atoms with Gasteiger partial charge < -0.3 is 23.5 Å². The Morgan fingerprint density at radius 1 is 0.218 bits per heavy atom. The molecule has 5 nitrogen and oxygen atoms in total. The Kier molecular flexibility index (Phi) is 10.7. The van der Waals surface area contributed by atoms with Gasteiger partial charge >= 0.3 is 0 Å². The molecule has 0 unspecified atom stereocenters. The van der Waals surface area contributed by atoms with Crippen molar-refractivity contribution in [3.63, 3.8) is 0 Å². The highest BCUT2D eigenvalue weighted by atomic mass is 16.3. The lowest BCUT2D eigenvalue weighted by Crippen LogP contribution is -2.28. The van der Waals surface area contributed by atoms with Gasteiger partial charge in [-0.1, -0.05) is 164 Å². The molecule has 14 aromatic rings. The Morgan fingerprint density at radius 3 is 1.00 bits per heavy atom. The van der Waals surface area contributed by atoms with E-state index in [1.54, 1.807) is 0 Å². The number of hydrogen-bond donors (Lipinski definition) is 0. The van der Waals surface area contributed by atoms with E-state index in [0.717, 1.165) is 95.1 Å². The van der Waals surface area contributed by atoms with Gasteiger partial charge in [-0.05, 0) is 155 Å². The molecule has 0 aliphatic heterocycles. The van der Waals surface area contributed by atoms with Gasteiger partial charge in [0.2, 0.25) is 0 Å². The standard InChI is InChI=1S/C73H49N3O2/c1-7-21-50(22-8-1)73(51-23-9-2-10-24-51)67-34-20-19-33-61(67)64-45-56(37-42-68(64)73)76(55-31-17-6-18-32-55)60-36-41-63-66-47-58(39-44-70(66)78-72(63)49-60)75(54-29-15-5-16-30-54)57-38-43-69-65(46-57)62-40-35-59(48-71(62)77-69)74(52-25-11-3-12-26-52)53-27-13-4-14-28-53/h1-49H. The number of nitrogens with zero attached hydrogens (tertiary/aromatic N) is 3. The minimum atomic E-state index is -0.480. The van der Waals surface area contributed by atoms with Gasteiger partial charge in [-0.2, -0.15) is 0 Å². The summed E-state index contributed by atoms with van der Waals surface area (Å²) in [5.74, 6) is 0. The summed E-state index contributed by atoms with van der Waals surface area (Å²) in [6.45, 7) is 0. The van der Waals surface area contributed by atoms with Crippen LogP contribution in [0.1, 0.15) is 22.3 Å².